The van der Waals surface area contributed by atoms with Gasteiger partial charge in [-0.2, -0.15) is 0 Å². The van der Waals surface area contributed by atoms with E-state index in [9.17, 15) is 5.11 Å². The highest BCUT2D eigenvalue weighted by molar-refractivity contribution is 7.12. The number of nitrogens with one attached hydrogen (secondary N) is 1. The average Bonchev–Trinajstić information content (AvgIpc) is 3.08. The van der Waals surface area contributed by atoms with Crippen LogP contribution in [-0.4, -0.2) is 18.8 Å². The number of fused-ring (bicyclic) bond motifs is 1. The summed E-state index contributed by atoms with van der Waals surface area (Å²) in [4.78, 5) is 2.93. The summed E-state index contributed by atoms with van der Waals surface area (Å²) in [7, 11) is 1.64. The number of aliphatic hydroxyl groups is 1. The molecule has 3 rings (SSSR count). The molecule has 0 bridgehead atoms. The summed E-state index contributed by atoms with van der Waals surface area (Å²) in [5.74, 6) is 0.779. The zero-order valence-electron chi connectivity index (χ0n) is 12.3. The molecule has 1 atom stereocenters. The summed E-state index contributed by atoms with van der Waals surface area (Å²) >= 11 is 1.91. The molecule has 2 aromatic rings. The van der Waals surface area contributed by atoms with Crippen LogP contribution in [0.2, 0.25) is 0 Å². The van der Waals surface area contributed by atoms with Gasteiger partial charge in [0.1, 0.15) is 5.75 Å². The van der Waals surface area contributed by atoms with Gasteiger partial charge in [0.2, 0.25) is 0 Å². The number of rotatable bonds is 6. The topological polar surface area (TPSA) is 41.5 Å². The molecule has 112 valence electrons. The molecule has 0 amide bonds. The Bertz CT molecular complexity index is 587. The normalized spacial score (nSPS) is 15.0. The summed E-state index contributed by atoms with van der Waals surface area (Å²) in [6.07, 6.45) is 3.28. The number of ether oxygens (including phenoxy) is 1. The zero-order chi connectivity index (χ0) is 14.7. The highest BCUT2D eigenvalue weighted by atomic mass is 32.1. The Kier molecular flexibility index (Phi) is 4.58. The molecule has 0 radical (unpaired) electrons. The summed E-state index contributed by atoms with van der Waals surface area (Å²) in [6.45, 7) is 1.38. The first-order valence-electron chi connectivity index (χ1n) is 7.39. The number of methoxy groups -OCH3 is 1. The fraction of sp³-hybridized carbons (Fsp3) is 0.412. The Hall–Kier alpha value is -1.36. The van der Waals surface area contributed by atoms with E-state index < -0.39 is 6.10 Å². The first kappa shape index (κ1) is 14.6. The fourth-order valence-corrected chi connectivity index (χ4v) is 4.01. The molecule has 1 aromatic carbocycles. The highest BCUT2D eigenvalue weighted by Crippen LogP contribution is 2.30. The molecule has 3 nitrogen and oxygen atoms in total. The molecule has 0 aliphatic heterocycles. The van der Waals surface area contributed by atoms with Gasteiger partial charge in [-0.25, -0.2) is 0 Å². The lowest BCUT2D eigenvalue weighted by Gasteiger charge is -2.12. The van der Waals surface area contributed by atoms with Gasteiger partial charge >= 0.3 is 0 Å². The van der Waals surface area contributed by atoms with Gasteiger partial charge in [-0.1, -0.05) is 12.1 Å². The second kappa shape index (κ2) is 6.60. The molecule has 1 aliphatic rings. The Morgan fingerprint density at radius 3 is 3.05 bits per heavy atom. The Morgan fingerprint density at radius 2 is 2.24 bits per heavy atom. The number of hydrogen-bond acceptors (Lipinski definition) is 4. The molecule has 1 unspecified atom stereocenters. The van der Waals surface area contributed by atoms with Crippen molar-refractivity contribution >= 4 is 11.3 Å². The van der Waals surface area contributed by atoms with Gasteiger partial charge in [0.05, 0.1) is 13.2 Å². The maximum atomic E-state index is 10.2. The molecule has 1 aliphatic carbocycles. The molecule has 0 fully saturated rings. The monoisotopic (exact) mass is 303 g/mol. The van der Waals surface area contributed by atoms with Gasteiger partial charge in [0.15, 0.2) is 0 Å². The minimum atomic E-state index is -0.507. The molecule has 21 heavy (non-hydrogen) atoms. The lowest BCUT2D eigenvalue weighted by Crippen LogP contribution is -2.20. The molecule has 0 saturated heterocycles. The SMILES string of the molecule is COc1cccc(C(O)CNCc2cc3c(s2)CCC3)c1. The van der Waals surface area contributed by atoms with E-state index in [2.05, 4.69) is 11.4 Å². The van der Waals surface area contributed by atoms with Crippen molar-refractivity contribution in [2.45, 2.75) is 31.9 Å². The predicted octanol–water partition coefficient (Wildman–Crippen LogP) is 3.07. The molecular formula is C17H21NO2S. The second-order valence-electron chi connectivity index (χ2n) is 5.44. The van der Waals surface area contributed by atoms with Gasteiger partial charge in [0.25, 0.3) is 0 Å². The van der Waals surface area contributed by atoms with Crippen LogP contribution >= 0.6 is 11.3 Å². The first-order chi connectivity index (χ1) is 10.3. The fourth-order valence-electron chi connectivity index (χ4n) is 2.78. The van der Waals surface area contributed by atoms with Crippen molar-refractivity contribution in [1.29, 1.82) is 0 Å². The molecule has 0 spiro atoms. The Morgan fingerprint density at radius 1 is 1.33 bits per heavy atom. The quantitative estimate of drug-likeness (QED) is 0.862. The molecule has 1 aromatic heterocycles. The van der Waals surface area contributed by atoms with Crippen LogP contribution in [0.4, 0.5) is 0 Å². The highest BCUT2D eigenvalue weighted by Gasteiger charge is 2.15. The largest absolute Gasteiger partial charge is 0.497 e. The summed E-state index contributed by atoms with van der Waals surface area (Å²) < 4.78 is 5.18. The van der Waals surface area contributed by atoms with Crippen LogP contribution in [0.3, 0.4) is 0 Å². The van der Waals surface area contributed by atoms with Crippen LogP contribution < -0.4 is 10.1 Å². The molecule has 1 heterocycles. The van der Waals surface area contributed by atoms with E-state index in [0.29, 0.717) is 6.54 Å². The molecular weight excluding hydrogens is 282 g/mol. The lowest BCUT2D eigenvalue weighted by atomic mass is 10.1. The van der Waals surface area contributed by atoms with E-state index in [1.54, 1.807) is 12.0 Å². The number of aliphatic hydroxyl groups excluding tert-OH is 1. The Labute approximate surface area is 129 Å². The third-order valence-corrected chi connectivity index (χ3v) is 5.15. The van der Waals surface area contributed by atoms with Gasteiger partial charge in [-0.3, -0.25) is 0 Å². The van der Waals surface area contributed by atoms with E-state index in [0.717, 1.165) is 17.9 Å². The predicted molar refractivity (Wildman–Crippen MR) is 86.0 cm³/mol. The van der Waals surface area contributed by atoms with Crippen LogP contribution in [0.25, 0.3) is 0 Å². The number of aryl methyl sites for hydroxylation is 2. The van der Waals surface area contributed by atoms with Crippen LogP contribution in [-0.2, 0) is 19.4 Å². The third kappa shape index (κ3) is 3.46. The minimum absolute atomic E-state index is 0.507. The maximum absolute atomic E-state index is 10.2. The standard InChI is InChI=1S/C17H21NO2S/c1-20-14-6-2-4-12(8-14)16(19)11-18-10-15-9-13-5-3-7-17(13)21-15/h2,4,6,8-9,16,18-19H,3,5,7,10-11H2,1H3. The maximum Gasteiger partial charge on any atom is 0.119 e. The van der Waals surface area contributed by atoms with Crippen molar-refractivity contribution in [3.63, 3.8) is 0 Å². The van der Waals surface area contributed by atoms with Crippen molar-refractivity contribution < 1.29 is 9.84 Å². The average molecular weight is 303 g/mol. The van der Waals surface area contributed by atoms with Crippen molar-refractivity contribution in [2.75, 3.05) is 13.7 Å². The van der Waals surface area contributed by atoms with Crippen LogP contribution in [0.1, 0.15) is 33.4 Å². The van der Waals surface area contributed by atoms with E-state index in [1.807, 2.05) is 35.6 Å². The zero-order valence-corrected chi connectivity index (χ0v) is 13.1. The summed E-state index contributed by atoms with van der Waals surface area (Å²) in [5.41, 5.74) is 2.42. The van der Waals surface area contributed by atoms with E-state index in [1.165, 1.54) is 29.7 Å². The first-order valence-corrected chi connectivity index (χ1v) is 8.21. The molecule has 4 heteroatoms. The number of hydrogen-bond donors (Lipinski definition) is 2. The Balaban J connectivity index is 1.52. The number of thiophene rings is 1. The van der Waals surface area contributed by atoms with Crippen LogP contribution in [0, 0.1) is 0 Å². The van der Waals surface area contributed by atoms with Crippen molar-refractivity contribution in [3.8, 4) is 5.75 Å². The van der Waals surface area contributed by atoms with Crippen molar-refractivity contribution in [2.24, 2.45) is 0 Å². The van der Waals surface area contributed by atoms with Crippen molar-refractivity contribution in [1.82, 2.24) is 5.32 Å². The second-order valence-corrected chi connectivity index (χ2v) is 6.66. The third-order valence-electron chi connectivity index (χ3n) is 3.91. The number of benzene rings is 1. The van der Waals surface area contributed by atoms with E-state index in [4.69, 9.17) is 4.74 Å². The molecule has 2 N–H and O–H groups in total. The van der Waals surface area contributed by atoms with Gasteiger partial charge < -0.3 is 15.2 Å². The van der Waals surface area contributed by atoms with Crippen LogP contribution in [0.5, 0.6) is 5.75 Å². The van der Waals surface area contributed by atoms with E-state index >= 15 is 0 Å². The summed E-state index contributed by atoms with van der Waals surface area (Å²) in [5, 5.41) is 13.6. The summed E-state index contributed by atoms with van der Waals surface area (Å²) in [6, 6.07) is 9.91. The minimum Gasteiger partial charge on any atom is -0.497 e. The lowest BCUT2D eigenvalue weighted by molar-refractivity contribution is 0.174. The van der Waals surface area contributed by atoms with E-state index in [-0.39, 0.29) is 0 Å². The van der Waals surface area contributed by atoms with Crippen molar-refractivity contribution in [3.05, 3.63) is 51.2 Å². The molecule has 0 saturated carbocycles. The van der Waals surface area contributed by atoms with Crippen LogP contribution in [0.15, 0.2) is 30.3 Å². The van der Waals surface area contributed by atoms with Gasteiger partial charge in [0, 0.05) is 22.8 Å². The smallest absolute Gasteiger partial charge is 0.119 e. The van der Waals surface area contributed by atoms with Gasteiger partial charge in [-0.05, 0) is 48.6 Å². The van der Waals surface area contributed by atoms with Gasteiger partial charge in [-0.15, -0.1) is 11.3 Å².